The van der Waals surface area contributed by atoms with Crippen LogP contribution < -0.4 is 11.4 Å². The van der Waals surface area contributed by atoms with Crippen molar-refractivity contribution in [2.24, 2.45) is 5.73 Å². The summed E-state index contributed by atoms with van der Waals surface area (Å²) in [6.07, 6.45) is 3.29. The second kappa shape index (κ2) is 5.89. The Kier molecular flexibility index (Phi) is 4.23. The molecule has 0 aromatic carbocycles. The number of nitrogens with zero attached hydrogens (tertiary/aromatic N) is 4. The number of pyridine rings is 1. The third-order valence-corrected chi connectivity index (χ3v) is 2.96. The van der Waals surface area contributed by atoms with Gasteiger partial charge in [0.15, 0.2) is 0 Å². The highest BCUT2D eigenvalue weighted by atomic mass is 79.9. The third-order valence-electron chi connectivity index (χ3n) is 2.49. The van der Waals surface area contributed by atoms with Gasteiger partial charge >= 0.3 is 5.69 Å². The van der Waals surface area contributed by atoms with Gasteiger partial charge < -0.3 is 5.73 Å². The lowest BCUT2D eigenvalue weighted by Gasteiger charge is -2.01. The number of aromatic nitrogens is 4. The van der Waals surface area contributed by atoms with Gasteiger partial charge in [0.25, 0.3) is 0 Å². The van der Waals surface area contributed by atoms with Crippen LogP contribution in [0.3, 0.4) is 0 Å². The van der Waals surface area contributed by atoms with Crippen LogP contribution in [0.25, 0.3) is 5.69 Å². The highest BCUT2D eigenvalue weighted by Gasteiger charge is 2.08. The van der Waals surface area contributed by atoms with Crippen LogP contribution in [0, 0.1) is 0 Å². The highest BCUT2D eigenvalue weighted by molar-refractivity contribution is 9.10. The van der Waals surface area contributed by atoms with E-state index < -0.39 is 0 Å². The molecule has 0 saturated heterocycles. The number of hydrogen-bond acceptors (Lipinski definition) is 4. The van der Waals surface area contributed by atoms with Gasteiger partial charge in [0.05, 0.1) is 24.8 Å². The molecule has 0 aliphatic rings. The van der Waals surface area contributed by atoms with Crippen molar-refractivity contribution in [1.29, 1.82) is 0 Å². The fourth-order valence-electron chi connectivity index (χ4n) is 1.47. The summed E-state index contributed by atoms with van der Waals surface area (Å²) in [5.74, 6) is 0. The zero-order valence-electron chi connectivity index (χ0n) is 9.83. The summed E-state index contributed by atoms with van der Waals surface area (Å²) in [6, 6.07) is 3.44. The maximum atomic E-state index is 12.4. The van der Waals surface area contributed by atoms with Crippen molar-refractivity contribution in [2.45, 2.75) is 6.54 Å². The van der Waals surface area contributed by atoms with Crippen molar-refractivity contribution in [3.63, 3.8) is 0 Å². The van der Waals surface area contributed by atoms with Gasteiger partial charge in [-0.05, 0) is 33.6 Å². The average Bonchev–Trinajstić information content (AvgIpc) is 2.78. The molecule has 19 heavy (non-hydrogen) atoms. The van der Waals surface area contributed by atoms with Crippen LogP contribution in [-0.2, 0) is 6.54 Å². The lowest BCUT2D eigenvalue weighted by molar-refractivity contribution is 0.612. The maximum Gasteiger partial charge on any atom is 0.350 e. The molecule has 0 spiro atoms. The minimum absolute atomic E-state index is 0.0305. The summed E-state index contributed by atoms with van der Waals surface area (Å²) in [5, 5.41) is 3.91. The molecule has 2 N–H and O–H groups in total. The first-order valence-corrected chi connectivity index (χ1v) is 6.19. The van der Waals surface area contributed by atoms with Crippen LogP contribution in [0.5, 0.6) is 0 Å². The maximum absolute atomic E-state index is 12.4. The van der Waals surface area contributed by atoms with Crippen molar-refractivity contribution in [2.75, 3.05) is 6.54 Å². The normalized spacial score (nSPS) is 11.8. The minimum atomic E-state index is -0.378. The van der Waals surface area contributed by atoms with E-state index in [1.54, 1.807) is 12.1 Å². The molecule has 2 aromatic heterocycles. The lowest BCUT2D eigenvalue weighted by atomic mass is 10.3. The molecule has 2 aromatic rings. The van der Waals surface area contributed by atoms with E-state index in [0.29, 0.717) is 22.2 Å². The van der Waals surface area contributed by atoms with E-state index in [-0.39, 0.29) is 18.8 Å². The van der Waals surface area contributed by atoms with E-state index >= 15 is 0 Å². The Morgan fingerprint density at radius 1 is 1.53 bits per heavy atom. The smallest absolute Gasteiger partial charge is 0.327 e. The Bertz CT molecular complexity index is 646. The number of rotatable bonds is 4. The largest absolute Gasteiger partial charge is 0.350 e. The summed E-state index contributed by atoms with van der Waals surface area (Å²) in [7, 11) is 0. The minimum Gasteiger partial charge on any atom is -0.327 e. The SMILES string of the molecule is NC/C(=C/F)Cn1ncn(-c2ccc(Br)nc2)c1=O. The quantitative estimate of drug-likeness (QED) is 0.850. The molecular formula is C11H11BrFN5O. The summed E-state index contributed by atoms with van der Waals surface area (Å²) in [6.45, 7) is 0.0679. The molecule has 0 radical (unpaired) electrons. The number of halogens is 2. The molecular weight excluding hydrogens is 317 g/mol. The summed E-state index contributed by atoms with van der Waals surface area (Å²) >= 11 is 3.21. The van der Waals surface area contributed by atoms with Crippen molar-refractivity contribution in [3.8, 4) is 5.69 Å². The zero-order valence-corrected chi connectivity index (χ0v) is 11.4. The van der Waals surface area contributed by atoms with Crippen molar-refractivity contribution >= 4 is 15.9 Å². The fraction of sp³-hybridized carbons (Fsp3) is 0.182. The van der Waals surface area contributed by atoms with Gasteiger partial charge in [-0.15, -0.1) is 0 Å². The van der Waals surface area contributed by atoms with E-state index in [1.807, 2.05) is 0 Å². The number of nitrogens with two attached hydrogens (primary N) is 1. The standard InChI is InChI=1S/C11H11BrFN5O/c12-10-2-1-9(5-15-10)17-7-16-18(11(17)19)6-8(3-13)4-14/h1-3,5,7H,4,6,14H2/b8-3-. The summed E-state index contributed by atoms with van der Waals surface area (Å²) in [4.78, 5) is 16.1. The molecule has 100 valence electrons. The van der Waals surface area contributed by atoms with E-state index in [4.69, 9.17) is 5.73 Å². The molecule has 8 heteroatoms. The predicted octanol–water partition coefficient (Wildman–Crippen LogP) is 1.00. The fourth-order valence-corrected chi connectivity index (χ4v) is 1.70. The van der Waals surface area contributed by atoms with E-state index in [9.17, 15) is 9.18 Å². The predicted molar refractivity (Wildman–Crippen MR) is 71.6 cm³/mol. The van der Waals surface area contributed by atoms with Crippen molar-refractivity contribution < 1.29 is 4.39 Å². The second-order valence-electron chi connectivity index (χ2n) is 3.75. The van der Waals surface area contributed by atoms with Crippen LogP contribution in [0.2, 0.25) is 0 Å². The van der Waals surface area contributed by atoms with Gasteiger partial charge in [-0.25, -0.2) is 23.4 Å². The van der Waals surface area contributed by atoms with Crippen molar-refractivity contribution in [3.05, 3.63) is 51.6 Å². The van der Waals surface area contributed by atoms with Gasteiger partial charge in [-0.1, -0.05) is 0 Å². The molecule has 2 heterocycles. The molecule has 0 fully saturated rings. The first kappa shape index (κ1) is 13.6. The van der Waals surface area contributed by atoms with Gasteiger partial charge in [-0.2, -0.15) is 5.10 Å². The molecule has 6 nitrogen and oxygen atoms in total. The Balaban J connectivity index is 2.33. The Morgan fingerprint density at radius 3 is 2.89 bits per heavy atom. The average molecular weight is 328 g/mol. The first-order valence-electron chi connectivity index (χ1n) is 5.40. The van der Waals surface area contributed by atoms with E-state index in [0.717, 1.165) is 4.68 Å². The molecule has 0 aliphatic carbocycles. The van der Waals surface area contributed by atoms with Gasteiger partial charge in [0.2, 0.25) is 0 Å². The molecule has 0 saturated carbocycles. The molecule has 0 aliphatic heterocycles. The summed E-state index contributed by atoms with van der Waals surface area (Å²) in [5.41, 5.74) is 5.84. The third kappa shape index (κ3) is 2.96. The number of hydrogen-bond donors (Lipinski definition) is 1. The lowest BCUT2D eigenvalue weighted by Crippen LogP contribution is -2.26. The highest BCUT2D eigenvalue weighted by Crippen LogP contribution is 2.08. The first-order chi connectivity index (χ1) is 9.15. The molecule has 0 bridgehead atoms. The molecule has 0 unspecified atom stereocenters. The van der Waals surface area contributed by atoms with Crippen LogP contribution in [0.15, 0.2) is 46.0 Å². The van der Waals surface area contributed by atoms with Crippen LogP contribution >= 0.6 is 15.9 Å². The molecule has 0 amide bonds. The van der Waals surface area contributed by atoms with Crippen LogP contribution in [0.1, 0.15) is 0 Å². The van der Waals surface area contributed by atoms with E-state index in [1.165, 1.54) is 17.1 Å². The van der Waals surface area contributed by atoms with Crippen LogP contribution in [0.4, 0.5) is 4.39 Å². The Labute approximate surface area is 116 Å². The van der Waals surface area contributed by atoms with E-state index in [2.05, 4.69) is 26.0 Å². The molecule has 2 rings (SSSR count). The zero-order chi connectivity index (χ0) is 13.8. The monoisotopic (exact) mass is 327 g/mol. The molecule has 0 atom stereocenters. The van der Waals surface area contributed by atoms with Gasteiger partial charge in [0.1, 0.15) is 10.9 Å². The topological polar surface area (TPSA) is 78.7 Å². The van der Waals surface area contributed by atoms with Gasteiger partial charge in [0, 0.05) is 6.54 Å². The Hall–Kier alpha value is -1.80. The van der Waals surface area contributed by atoms with Crippen LogP contribution in [-0.4, -0.2) is 25.9 Å². The van der Waals surface area contributed by atoms with Gasteiger partial charge in [-0.3, -0.25) is 0 Å². The Morgan fingerprint density at radius 2 is 2.32 bits per heavy atom. The second-order valence-corrected chi connectivity index (χ2v) is 4.56. The van der Waals surface area contributed by atoms with Crippen molar-refractivity contribution in [1.82, 2.24) is 19.3 Å². The summed E-state index contributed by atoms with van der Waals surface area (Å²) < 4.78 is 15.6.